The summed E-state index contributed by atoms with van der Waals surface area (Å²) in [6.45, 7) is 9.81. The number of ether oxygens (including phenoxy) is 1. The Labute approximate surface area is 183 Å². The van der Waals surface area contributed by atoms with Crippen molar-refractivity contribution in [1.29, 1.82) is 0 Å². The van der Waals surface area contributed by atoms with Crippen LogP contribution in [0.1, 0.15) is 47.5 Å². The molecule has 0 fully saturated rings. The topological polar surface area (TPSA) is 58.6 Å². The van der Waals surface area contributed by atoms with Crippen molar-refractivity contribution in [2.24, 2.45) is 11.8 Å². The standard InChI is InChI=1S/C24H29ClN2O3/c1-6-16(4)22(28)26-18-10-11-20-21(13-18)30-24(5,14-15(2)3)23(29)27(20)19-9-7-8-17(25)12-19/h7-13,15-16H,6,14H2,1-5H3,(H,26,28)/t16-,24-/m1/s1. The Morgan fingerprint density at radius 2 is 1.93 bits per heavy atom. The summed E-state index contributed by atoms with van der Waals surface area (Å²) in [6, 6.07) is 12.6. The summed E-state index contributed by atoms with van der Waals surface area (Å²) < 4.78 is 6.26. The van der Waals surface area contributed by atoms with Gasteiger partial charge in [-0.15, -0.1) is 0 Å². The highest BCUT2D eigenvalue weighted by atomic mass is 35.5. The van der Waals surface area contributed by atoms with E-state index in [-0.39, 0.29) is 23.7 Å². The van der Waals surface area contributed by atoms with Crippen LogP contribution in [-0.2, 0) is 9.59 Å². The highest BCUT2D eigenvalue weighted by molar-refractivity contribution is 6.31. The first-order valence-electron chi connectivity index (χ1n) is 10.4. The molecule has 2 amide bonds. The molecule has 1 N–H and O–H groups in total. The second-order valence-electron chi connectivity index (χ2n) is 8.53. The van der Waals surface area contributed by atoms with Crippen LogP contribution in [0.3, 0.4) is 0 Å². The molecule has 0 saturated carbocycles. The largest absolute Gasteiger partial charge is 0.475 e. The van der Waals surface area contributed by atoms with Crippen molar-refractivity contribution in [2.45, 2.75) is 53.1 Å². The molecule has 0 radical (unpaired) electrons. The minimum absolute atomic E-state index is 0.0408. The van der Waals surface area contributed by atoms with E-state index < -0.39 is 5.60 Å². The molecule has 6 heteroatoms. The maximum atomic E-state index is 13.5. The Balaban J connectivity index is 2.06. The van der Waals surface area contributed by atoms with Gasteiger partial charge < -0.3 is 10.1 Å². The van der Waals surface area contributed by atoms with Crippen molar-refractivity contribution in [3.8, 4) is 5.75 Å². The molecule has 2 aromatic carbocycles. The monoisotopic (exact) mass is 428 g/mol. The van der Waals surface area contributed by atoms with Crippen molar-refractivity contribution in [1.82, 2.24) is 0 Å². The van der Waals surface area contributed by atoms with Crippen LogP contribution in [0.5, 0.6) is 5.75 Å². The van der Waals surface area contributed by atoms with E-state index >= 15 is 0 Å². The van der Waals surface area contributed by atoms with Gasteiger partial charge in [-0.1, -0.05) is 45.4 Å². The molecule has 2 atom stereocenters. The Morgan fingerprint density at radius 1 is 1.20 bits per heavy atom. The average Bonchev–Trinajstić information content (AvgIpc) is 2.67. The average molecular weight is 429 g/mol. The summed E-state index contributed by atoms with van der Waals surface area (Å²) >= 11 is 6.20. The van der Waals surface area contributed by atoms with E-state index in [9.17, 15) is 9.59 Å². The molecule has 0 saturated heterocycles. The third kappa shape index (κ3) is 4.46. The van der Waals surface area contributed by atoms with Crippen LogP contribution in [-0.4, -0.2) is 17.4 Å². The van der Waals surface area contributed by atoms with E-state index in [0.717, 1.165) is 6.42 Å². The fraction of sp³-hybridized carbons (Fsp3) is 0.417. The molecule has 3 rings (SSSR count). The van der Waals surface area contributed by atoms with Crippen molar-refractivity contribution in [2.75, 3.05) is 10.2 Å². The molecule has 1 aliphatic heterocycles. The lowest BCUT2D eigenvalue weighted by Gasteiger charge is -2.41. The number of hydrogen-bond acceptors (Lipinski definition) is 3. The summed E-state index contributed by atoms with van der Waals surface area (Å²) in [5.74, 6) is 0.552. The van der Waals surface area contributed by atoms with Crippen LogP contribution < -0.4 is 15.0 Å². The number of amides is 2. The molecule has 30 heavy (non-hydrogen) atoms. The number of rotatable bonds is 6. The molecule has 5 nitrogen and oxygen atoms in total. The summed E-state index contributed by atoms with van der Waals surface area (Å²) in [5.41, 5.74) is 0.933. The molecule has 0 aromatic heterocycles. The highest BCUT2D eigenvalue weighted by Gasteiger charge is 2.45. The van der Waals surface area contributed by atoms with Gasteiger partial charge in [0.2, 0.25) is 5.91 Å². The second-order valence-corrected chi connectivity index (χ2v) is 8.97. The number of carbonyl (C=O) groups is 2. The van der Waals surface area contributed by atoms with Gasteiger partial charge in [-0.05, 0) is 56.0 Å². The van der Waals surface area contributed by atoms with Gasteiger partial charge in [0.15, 0.2) is 5.60 Å². The van der Waals surface area contributed by atoms with Gasteiger partial charge in [0, 0.05) is 22.7 Å². The summed E-state index contributed by atoms with van der Waals surface area (Å²) in [7, 11) is 0. The minimum atomic E-state index is -1.02. The van der Waals surface area contributed by atoms with Gasteiger partial charge in [0.05, 0.1) is 11.4 Å². The Bertz CT molecular complexity index is 959. The zero-order chi connectivity index (χ0) is 22.1. The first-order valence-corrected chi connectivity index (χ1v) is 10.8. The van der Waals surface area contributed by atoms with Gasteiger partial charge in [-0.3, -0.25) is 14.5 Å². The molecule has 1 aliphatic rings. The van der Waals surface area contributed by atoms with E-state index in [1.54, 1.807) is 35.2 Å². The molecule has 160 valence electrons. The third-order valence-corrected chi connectivity index (χ3v) is 5.62. The third-order valence-electron chi connectivity index (χ3n) is 5.38. The lowest BCUT2D eigenvalue weighted by atomic mass is 9.90. The number of nitrogens with one attached hydrogen (secondary N) is 1. The Kier molecular flexibility index (Phi) is 6.41. The minimum Gasteiger partial charge on any atom is -0.475 e. The van der Waals surface area contributed by atoms with Gasteiger partial charge in [0.1, 0.15) is 5.75 Å². The normalized spacial score (nSPS) is 19.3. The number of fused-ring (bicyclic) bond motifs is 1. The number of nitrogens with zero attached hydrogens (tertiary/aromatic N) is 1. The first kappa shape index (κ1) is 22.2. The van der Waals surface area contributed by atoms with Crippen molar-refractivity contribution in [3.63, 3.8) is 0 Å². The van der Waals surface area contributed by atoms with Gasteiger partial charge in [-0.2, -0.15) is 0 Å². The van der Waals surface area contributed by atoms with Crippen molar-refractivity contribution >= 4 is 40.5 Å². The maximum absolute atomic E-state index is 13.5. The lowest BCUT2D eigenvalue weighted by molar-refractivity contribution is -0.134. The predicted octanol–water partition coefficient (Wildman–Crippen LogP) is 6.19. The van der Waals surface area contributed by atoms with E-state index in [1.165, 1.54) is 0 Å². The van der Waals surface area contributed by atoms with E-state index in [1.807, 2.05) is 32.9 Å². The lowest BCUT2D eigenvalue weighted by Crippen LogP contribution is -2.53. The van der Waals surface area contributed by atoms with Gasteiger partial charge in [-0.25, -0.2) is 0 Å². The number of hydrogen-bond donors (Lipinski definition) is 1. The van der Waals surface area contributed by atoms with Crippen LogP contribution in [0.4, 0.5) is 17.1 Å². The van der Waals surface area contributed by atoms with Crippen LogP contribution in [0.25, 0.3) is 0 Å². The van der Waals surface area contributed by atoms with Gasteiger partial charge >= 0.3 is 0 Å². The quantitative estimate of drug-likeness (QED) is 0.597. The zero-order valence-electron chi connectivity index (χ0n) is 18.2. The van der Waals surface area contributed by atoms with E-state index in [0.29, 0.717) is 34.3 Å². The Morgan fingerprint density at radius 3 is 2.57 bits per heavy atom. The molecular weight excluding hydrogens is 400 g/mol. The maximum Gasteiger partial charge on any atom is 0.275 e. The number of carbonyl (C=O) groups excluding carboxylic acids is 2. The van der Waals surface area contributed by atoms with Crippen LogP contribution in [0.2, 0.25) is 5.02 Å². The molecule has 0 unspecified atom stereocenters. The summed E-state index contributed by atoms with van der Waals surface area (Å²) in [4.78, 5) is 27.5. The molecular formula is C24H29ClN2O3. The molecule has 0 aliphatic carbocycles. The fourth-order valence-corrected chi connectivity index (χ4v) is 3.91. The zero-order valence-corrected chi connectivity index (χ0v) is 18.9. The molecule has 0 spiro atoms. The van der Waals surface area contributed by atoms with Crippen LogP contribution >= 0.6 is 11.6 Å². The second kappa shape index (κ2) is 8.68. The van der Waals surface area contributed by atoms with Crippen molar-refractivity contribution in [3.05, 3.63) is 47.5 Å². The van der Waals surface area contributed by atoms with E-state index in [4.69, 9.17) is 16.3 Å². The number of anilines is 3. The van der Waals surface area contributed by atoms with Crippen LogP contribution in [0, 0.1) is 11.8 Å². The molecule has 0 bridgehead atoms. The van der Waals surface area contributed by atoms with E-state index in [2.05, 4.69) is 19.2 Å². The SMILES string of the molecule is CC[C@@H](C)C(=O)Nc1ccc2c(c1)O[C@](C)(CC(C)C)C(=O)N2c1cccc(Cl)c1. The fourth-order valence-electron chi connectivity index (χ4n) is 3.72. The van der Waals surface area contributed by atoms with Crippen molar-refractivity contribution < 1.29 is 14.3 Å². The number of halogens is 1. The smallest absolute Gasteiger partial charge is 0.275 e. The van der Waals surface area contributed by atoms with Crippen LogP contribution in [0.15, 0.2) is 42.5 Å². The predicted molar refractivity (Wildman–Crippen MR) is 122 cm³/mol. The van der Waals surface area contributed by atoms with Gasteiger partial charge in [0.25, 0.3) is 5.91 Å². The summed E-state index contributed by atoms with van der Waals surface area (Å²) in [5, 5.41) is 3.49. The highest BCUT2D eigenvalue weighted by Crippen LogP contribution is 2.45. The Hall–Kier alpha value is -2.53. The molecule has 1 heterocycles. The summed E-state index contributed by atoms with van der Waals surface area (Å²) in [6.07, 6.45) is 1.32. The molecule has 2 aromatic rings. The first-order chi connectivity index (χ1) is 14.1. The number of benzene rings is 2.